The Morgan fingerprint density at radius 3 is 1.69 bits per heavy atom. The van der Waals surface area contributed by atoms with E-state index in [2.05, 4.69) is 0 Å². The molecule has 1 fully saturated rings. The molecule has 0 spiro atoms. The SMILES string of the molecule is N#CC1C(=O)NC(=O)C(C#N)C1C(F)(F)F. The van der Waals surface area contributed by atoms with Crippen LogP contribution >= 0.6 is 0 Å². The van der Waals surface area contributed by atoms with E-state index >= 15 is 0 Å². The van der Waals surface area contributed by atoms with Crippen molar-refractivity contribution in [1.29, 1.82) is 10.5 Å². The fourth-order valence-corrected chi connectivity index (χ4v) is 1.45. The van der Waals surface area contributed by atoms with Crippen molar-refractivity contribution in [3.8, 4) is 12.1 Å². The predicted molar refractivity (Wildman–Crippen MR) is 40.9 cm³/mol. The van der Waals surface area contributed by atoms with Gasteiger partial charge in [0.15, 0.2) is 0 Å². The molecule has 0 radical (unpaired) electrons. The quantitative estimate of drug-likeness (QED) is 0.598. The minimum atomic E-state index is -4.95. The van der Waals surface area contributed by atoms with Crippen LogP contribution in [-0.4, -0.2) is 18.0 Å². The number of hydrogen-bond donors (Lipinski definition) is 1. The van der Waals surface area contributed by atoms with Crippen molar-refractivity contribution in [1.82, 2.24) is 5.32 Å². The lowest BCUT2D eigenvalue weighted by Gasteiger charge is -2.30. The Kier molecular flexibility index (Phi) is 2.86. The lowest BCUT2D eigenvalue weighted by atomic mass is 9.78. The van der Waals surface area contributed by atoms with Gasteiger partial charge in [-0.2, -0.15) is 23.7 Å². The highest BCUT2D eigenvalue weighted by atomic mass is 19.4. The van der Waals surface area contributed by atoms with Gasteiger partial charge in [-0.1, -0.05) is 0 Å². The molecule has 0 aliphatic carbocycles. The van der Waals surface area contributed by atoms with E-state index in [4.69, 9.17) is 10.5 Å². The highest BCUT2D eigenvalue weighted by Gasteiger charge is 2.57. The summed E-state index contributed by atoms with van der Waals surface area (Å²) in [4.78, 5) is 22.0. The molecule has 2 atom stereocenters. The summed E-state index contributed by atoms with van der Waals surface area (Å²) in [5, 5.41) is 18.5. The van der Waals surface area contributed by atoms with Crippen LogP contribution in [0, 0.1) is 40.4 Å². The van der Waals surface area contributed by atoms with Crippen LogP contribution in [0.2, 0.25) is 0 Å². The number of imide groups is 1. The van der Waals surface area contributed by atoms with Crippen LogP contribution in [0.5, 0.6) is 0 Å². The molecule has 0 aromatic carbocycles. The molecule has 1 rings (SSSR count). The number of nitriles is 2. The number of rotatable bonds is 0. The van der Waals surface area contributed by atoms with E-state index < -0.39 is 35.7 Å². The Morgan fingerprint density at radius 1 is 1.06 bits per heavy atom. The van der Waals surface area contributed by atoms with E-state index in [0.29, 0.717) is 0 Å². The van der Waals surface area contributed by atoms with Gasteiger partial charge in [0.2, 0.25) is 11.8 Å². The van der Waals surface area contributed by atoms with Crippen LogP contribution in [0.3, 0.4) is 0 Å². The van der Waals surface area contributed by atoms with E-state index in [0.717, 1.165) is 12.1 Å². The number of carbonyl (C=O) groups excluding carboxylic acids is 2. The topological polar surface area (TPSA) is 93.8 Å². The Morgan fingerprint density at radius 2 is 1.44 bits per heavy atom. The van der Waals surface area contributed by atoms with E-state index in [-0.39, 0.29) is 0 Å². The molecule has 0 aromatic rings. The molecule has 2 unspecified atom stereocenters. The number of halogens is 3. The van der Waals surface area contributed by atoms with E-state index in [9.17, 15) is 22.8 Å². The van der Waals surface area contributed by atoms with Crippen molar-refractivity contribution in [2.24, 2.45) is 17.8 Å². The van der Waals surface area contributed by atoms with Crippen LogP contribution in [0.4, 0.5) is 13.2 Å². The third-order valence-corrected chi connectivity index (χ3v) is 2.19. The Bertz CT molecular complexity index is 386. The molecular weight excluding hydrogens is 227 g/mol. The maximum atomic E-state index is 12.5. The second-order valence-electron chi connectivity index (χ2n) is 3.13. The standard InChI is InChI=1S/C8H4F3N3O2/c9-8(10,11)5-3(1-12)6(15)14-7(16)4(5)2-13/h3-5H,(H,14,15,16). The number of nitrogens with zero attached hydrogens (tertiary/aromatic N) is 2. The fourth-order valence-electron chi connectivity index (χ4n) is 1.45. The summed E-state index contributed by atoms with van der Waals surface area (Å²) in [5.74, 6) is -9.34. The van der Waals surface area contributed by atoms with Gasteiger partial charge in [0.25, 0.3) is 0 Å². The van der Waals surface area contributed by atoms with Crippen LogP contribution in [-0.2, 0) is 9.59 Å². The van der Waals surface area contributed by atoms with E-state index in [1.54, 1.807) is 5.32 Å². The first-order valence-electron chi connectivity index (χ1n) is 4.03. The Hall–Kier alpha value is -2.09. The summed E-state index contributed by atoms with van der Waals surface area (Å²) in [6.45, 7) is 0. The number of hydrogen-bond acceptors (Lipinski definition) is 4. The van der Waals surface area contributed by atoms with Crippen molar-refractivity contribution in [2.45, 2.75) is 6.18 Å². The third-order valence-electron chi connectivity index (χ3n) is 2.19. The summed E-state index contributed by atoms with van der Waals surface area (Å²) in [6.07, 6.45) is -4.95. The molecule has 84 valence electrons. The molecule has 0 saturated carbocycles. The second-order valence-corrected chi connectivity index (χ2v) is 3.13. The van der Waals surface area contributed by atoms with Crippen molar-refractivity contribution >= 4 is 11.8 Å². The highest BCUT2D eigenvalue weighted by molar-refractivity contribution is 6.02. The molecule has 1 N–H and O–H groups in total. The zero-order valence-corrected chi connectivity index (χ0v) is 7.58. The Balaban J connectivity index is 3.23. The normalized spacial score (nSPS) is 30.2. The smallest absolute Gasteiger partial charge is 0.294 e. The van der Waals surface area contributed by atoms with Gasteiger partial charge < -0.3 is 0 Å². The average Bonchev–Trinajstić information content (AvgIpc) is 2.15. The maximum absolute atomic E-state index is 12.5. The van der Waals surface area contributed by atoms with Crippen molar-refractivity contribution in [2.75, 3.05) is 0 Å². The number of carbonyl (C=O) groups is 2. The van der Waals surface area contributed by atoms with Gasteiger partial charge in [-0.05, 0) is 0 Å². The van der Waals surface area contributed by atoms with Crippen molar-refractivity contribution in [3.05, 3.63) is 0 Å². The van der Waals surface area contributed by atoms with Gasteiger partial charge in [-0.25, -0.2) is 0 Å². The molecule has 0 aromatic heterocycles. The summed E-state index contributed by atoms with van der Waals surface area (Å²) in [6, 6.07) is 2.32. The molecule has 16 heavy (non-hydrogen) atoms. The third kappa shape index (κ3) is 1.82. The zero-order valence-electron chi connectivity index (χ0n) is 7.58. The molecule has 2 amide bonds. The minimum absolute atomic E-state index is 1.16. The minimum Gasteiger partial charge on any atom is -0.294 e. The largest absolute Gasteiger partial charge is 0.395 e. The zero-order chi connectivity index (χ0) is 12.5. The van der Waals surface area contributed by atoms with Gasteiger partial charge >= 0.3 is 6.18 Å². The molecule has 5 nitrogen and oxygen atoms in total. The van der Waals surface area contributed by atoms with Crippen LogP contribution < -0.4 is 5.32 Å². The molecule has 1 aliphatic rings. The molecule has 8 heteroatoms. The molecule has 0 bridgehead atoms. The van der Waals surface area contributed by atoms with Gasteiger partial charge in [-0.15, -0.1) is 0 Å². The summed E-state index contributed by atoms with van der Waals surface area (Å²) < 4.78 is 37.6. The predicted octanol–water partition coefficient (Wildman–Crippen LogP) is 0.101. The monoisotopic (exact) mass is 231 g/mol. The first-order valence-corrected chi connectivity index (χ1v) is 4.03. The van der Waals surface area contributed by atoms with Gasteiger partial charge in [0.05, 0.1) is 12.1 Å². The first kappa shape index (κ1) is 12.0. The van der Waals surface area contributed by atoms with Gasteiger partial charge in [-0.3, -0.25) is 14.9 Å². The number of alkyl halides is 3. The summed E-state index contributed by atoms with van der Waals surface area (Å²) in [7, 11) is 0. The number of amides is 2. The maximum Gasteiger partial charge on any atom is 0.395 e. The number of nitrogens with one attached hydrogen (secondary N) is 1. The van der Waals surface area contributed by atoms with E-state index in [1.165, 1.54) is 0 Å². The molecule has 1 aliphatic heterocycles. The lowest BCUT2D eigenvalue weighted by Crippen LogP contribution is -2.55. The summed E-state index contributed by atoms with van der Waals surface area (Å²) in [5.41, 5.74) is 0. The molecular formula is C8H4F3N3O2. The van der Waals surface area contributed by atoms with Crippen LogP contribution in [0.15, 0.2) is 0 Å². The second kappa shape index (κ2) is 3.81. The van der Waals surface area contributed by atoms with Crippen molar-refractivity contribution in [3.63, 3.8) is 0 Å². The fraction of sp³-hybridized carbons (Fsp3) is 0.500. The summed E-state index contributed by atoms with van der Waals surface area (Å²) >= 11 is 0. The average molecular weight is 231 g/mol. The van der Waals surface area contributed by atoms with Crippen LogP contribution in [0.25, 0.3) is 0 Å². The molecule has 1 saturated heterocycles. The lowest BCUT2D eigenvalue weighted by molar-refractivity contribution is -0.201. The first-order chi connectivity index (χ1) is 7.32. The van der Waals surface area contributed by atoms with Gasteiger partial charge in [0, 0.05) is 0 Å². The Labute approximate surface area is 87.4 Å². The highest BCUT2D eigenvalue weighted by Crippen LogP contribution is 2.39. The van der Waals surface area contributed by atoms with Gasteiger partial charge in [0.1, 0.15) is 17.8 Å². The molecule has 1 heterocycles. The van der Waals surface area contributed by atoms with Crippen LogP contribution in [0.1, 0.15) is 0 Å². The van der Waals surface area contributed by atoms with E-state index in [1.807, 2.05) is 0 Å². The van der Waals surface area contributed by atoms with Crippen molar-refractivity contribution < 1.29 is 22.8 Å². The number of piperidine rings is 1.